The van der Waals surface area contributed by atoms with Gasteiger partial charge in [0.2, 0.25) is 0 Å². The third-order valence-corrected chi connectivity index (χ3v) is 4.81. The van der Waals surface area contributed by atoms with Crippen molar-refractivity contribution in [1.29, 1.82) is 5.26 Å². The molecule has 0 spiro atoms. The molecule has 0 fully saturated rings. The van der Waals surface area contributed by atoms with Gasteiger partial charge in [-0.25, -0.2) is 4.98 Å². The number of nitro benzene ring substituents is 1. The quantitative estimate of drug-likeness (QED) is 0.339. The van der Waals surface area contributed by atoms with Crippen LogP contribution in [0.1, 0.15) is 10.6 Å². The van der Waals surface area contributed by atoms with Gasteiger partial charge in [0.25, 0.3) is 0 Å². The lowest BCUT2D eigenvalue weighted by atomic mass is 10.1. The molecule has 0 amide bonds. The minimum Gasteiger partial charge on any atom is -0.497 e. The molecule has 0 atom stereocenters. The number of allylic oxidation sites excluding steroid dienone is 1. The number of benzene rings is 2. The van der Waals surface area contributed by atoms with Crippen molar-refractivity contribution in [3.63, 3.8) is 0 Å². The molecule has 1 aromatic heterocycles. The van der Waals surface area contributed by atoms with E-state index in [1.807, 2.05) is 29.6 Å². The first-order valence-electron chi connectivity index (χ1n) is 8.10. The number of aromatic nitrogens is 1. The molecule has 0 aliphatic carbocycles. The Hall–Kier alpha value is -3.70. The third-order valence-electron chi connectivity index (χ3n) is 3.93. The topological polar surface area (TPSA) is 98.3 Å². The van der Waals surface area contributed by atoms with E-state index in [-0.39, 0.29) is 11.4 Å². The SMILES string of the molecule is COc1cccc(-c2csc(/C(C#N)=C\c3ccc(OC)c([N+](=O)[O-])c3)n2)c1. The van der Waals surface area contributed by atoms with Crippen molar-refractivity contribution in [2.75, 3.05) is 14.2 Å². The lowest BCUT2D eigenvalue weighted by Crippen LogP contribution is -1.94. The molecule has 0 unspecified atom stereocenters. The lowest BCUT2D eigenvalue weighted by molar-refractivity contribution is -0.385. The minimum atomic E-state index is -0.521. The Morgan fingerprint density at radius 2 is 2.07 bits per heavy atom. The number of methoxy groups -OCH3 is 2. The Bertz CT molecular complexity index is 1100. The number of nitriles is 1. The fourth-order valence-corrected chi connectivity index (χ4v) is 3.36. The van der Waals surface area contributed by atoms with E-state index >= 15 is 0 Å². The zero-order valence-corrected chi connectivity index (χ0v) is 15.9. The monoisotopic (exact) mass is 393 g/mol. The smallest absolute Gasteiger partial charge is 0.311 e. The van der Waals surface area contributed by atoms with Gasteiger partial charge in [-0.15, -0.1) is 11.3 Å². The number of thiazole rings is 1. The van der Waals surface area contributed by atoms with Crippen LogP contribution in [0, 0.1) is 21.4 Å². The largest absolute Gasteiger partial charge is 0.497 e. The van der Waals surface area contributed by atoms with Gasteiger partial charge < -0.3 is 9.47 Å². The molecule has 2 aromatic carbocycles. The van der Waals surface area contributed by atoms with Crippen molar-refractivity contribution in [3.8, 4) is 28.8 Å². The van der Waals surface area contributed by atoms with E-state index < -0.39 is 4.92 Å². The van der Waals surface area contributed by atoms with Gasteiger partial charge in [-0.1, -0.05) is 18.2 Å². The zero-order chi connectivity index (χ0) is 20.1. The fraction of sp³-hybridized carbons (Fsp3) is 0.100. The van der Waals surface area contributed by atoms with Crippen LogP contribution >= 0.6 is 11.3 Å². The van der Waals surface area contributed by atoms with E-state index in [1.165, 1.54) is 30.6 Å². The average Bonchev–Trinajstić information content (AvgIpc) is 3.22. The van der Waals surface area contributed by atoms with Crippen LogP contribution in [0.5, 0.6) is 11.5 Å². The molecular weight excluding hydrogens is 378 g/mol. The molecule has 0 radical (unpaired) electrons. The predicted octanol–water partition coefficient (Wildman–Crippen LogP) is 4.80. The van der Waals surface area contributed by atoms with Gasteiger partial charge in [-0.3, -0.25) is 10.1 Å². The van der Waals surface area contributed by atoms with Crippen LogP contribution in [0.15, 0.2) is 47.8 Å². The molecule has 0 bridgehead atoms. The minimum absolute atomic E-state index is 0.162. The molecule has 0 N–H and O–H groups in total. The first kappa shape index (κ1) is 19.1. The predicted molar refractivity (Wildman–Crippen MR) is 107 cm³/mol. The van der Waals surface area contributed by atoms with E-state index in [9.17, 15) is 15.4 Å². The van der Waals surface area contributed by atoms with Crippen LogP contribution in [-0.4, -0.2) is 24.1 Å². The number of ether oxygens (including phenoxy) is 2. The Kier molecular flexibility index (Phi) is 5.67. The molecule has 28 heavy (non-hydrogen) atoms. The van der Waals surface area contributed by atoms with E-state index in [4.69, 9.17) is 9.47 Å². The van der Waals surface area contributed by atoms with Crippen molar-refractivity contribution < 1.29 is 14.4 Å². The second-order valence-electron chi connectivity index (χ2n) is 5.63. The average molecular weight is 393 g/mol. The highest BCUT2D eigenvalue weighted by molar-refractivity contribution is 7.11. The lowest BCUT2D eigenvalue weighted by Gasteiger charge is -2.03. The van der Waals surface area contributed by atoms with Crippen LogP contribution in [0.4, 0.5) is 5.69 Å². The summed E-state index contributed by atoms with van der Waals surface area (Å²) in [6.45, 7) is 0. The summed E-state index contributed by atoms with van der Waals surface area (Å²) in [5.74, 6) is 0.879. The molecule has 3 rings (SSSR count). The van der Waals surface area contributed by atoms with Crippen molar-refractivity contribution in [2.24, 2.45) is 0 Å². The van der Waals surface area contributed by atoms with Crippen LogP contribution in [0.25, 0.3) is 22.9 Å². The van der Waals surface area contributed by atoms with Gasteiger partial charge in [0, 0.05) is 17.0 Å². The molecule has 1 heterocycles. The van der Waals surface area contributed by atoms with Crippen molar-refractivity contribution >= 4 is 28.7 Å². The maximum atomic E-state index is 11.2. The second-order valence-corrected chi connectivity index (χ2v) is 6.49. The maximum Gasteiger partial charge on any atom is 0.311 e. The molecule has 7 nitrogen and oxygen atoms in total. The molecule has 0 saturated heterocycles. The van der Waals surface area contributed by atoms with Gasteiger partial charge in [0.05, 0.1) is 30.4 Å². The van der Waals surface area contributed by atoms with Crippen LogP contribution < -0.4 is 9.47 Å². The Balaban J connectivity index is 1.96. The first-order chi connectivity index (χ1) is 13.5. The highest BCUT2D eigenvalue weighted by Gasteiger charge is 2.16. The standard InChI is InChI=1S/C20H15N3O4S/c1-26-16-5-3-4-14(10-16)17-12-28-20(22-17)15(11-21)8-13-6-7-19(27-2)18(9-13)23(24)25/h3-10,12H,1-2H3/b15-8-. The summed E-state index contributed by atoms with van der Waals surface area (Å²) in [5.41, 5.74) is 2.27. The number of nitrogens with zero attached hydrogens (tertiary/aromatic N) is 3. The maximum absolute atomic E-state index is 11.2. The molecule has 0 saturated carbocycles. The van der Waals surface area contributed by atoms with E-state index in [2.05, 4.69) is 11.1 Å². The molecular formula is C20H15N3O4S. The van der Waals surface area contributed by atoms with Gasteiger partial charge >= 0.3 is 5.69 Å². The fourth-order valence-electron chi connectivity index (χ4n) is 2.56. The van der Waals surface area contributed by atoms with Gasteiger partial charge in [-0.2, -0.15) is 5.26 Å². The van der Waals surface area contributed by atoms with Gasteiger partial charge in [-0.05, 0) is 29.8 Å². The van der Waals surface area contributed by atoms with E-state index in [0.717, 1.165) is 11.3 Å². The normalized spacial score (nSPS) is 11.0. The summed E-state index contributed by atoms with van der Waals surface area (Å²) in [6.07, 6.45) is 1.57. The highest BCUT2D eigenvalue weighted by Crippen LogP contribution is 2.31. The summed E-state index contributed by atoms with van der Waals surface area (Å²) in [7, 11) is 2.96. The zero-order valence-electron chi connectivity index (χ0n) is 15.1. The summed E-state index contributed by atoms with van der Waals surface area (Å²) >= 11 is 1.33. The van der Waals surface area contributed by atoms with Crippen LogP contribution in [0.2, 0.25) is 0 Å². The van der Waals surface area contributed by atoms with Crippen LogP contribution in [-0.2, 0) is 0 Å². The van der Waals surface area contributed by atoms with Gasteiger partial charge in [0.15, 0.2) is 5.75 Å². The van der Waals surface area contributed by atoms with E-state index in [0.29, 0.717) is 21.9 Å². The summed E-state index contributed by atoms with van der Waals surface area (Å²) in [4.78, 5) is 15.2. The van der Waals surface area contributed by atoms with Gasteiger partial charge in [0.1, 0.15) is 16.8 Å². The number of hydrogen-bond donors (Lipinski definition) is 0. The van der Waals surface area contributed by atoms with Crippen molar-refractivity contribution in [1.82, 2.24) is 4.98 Å². The summed E-state index contributed by atoms with van der Waals surface area (Å²) < 4.78 is 10.2. The number of nitro groups is 1. The molecule has 0 aliphatic rings. The molecule has 0 aliphatic heterocycles. The summed E-state index contributed by atoms with van der Waals surface area (Å²) in [5, 5.41) is 23.1. The third kappa shape index (κ3) is 4.00. The van der Waals surface area contributed by atoms with E-state index in [1.54, 1.807) is 19.3 Å². The van der Waals surface area contributed by atoms with Crippen LogP contribution in [0.3, 0.4) is 0 Å². The number of rotatable bonds is 6. The van der Waals surface area contributed by atoms with Crippen molar-refractivity contribution in [2.45, 2.75) is 0 Å². The second kappa shape index (κ2) is 8.33. The van der Waals surface area contributed by atoms with Crippen molar-refractivity contribution in [3.05, 3.63) is 68.5 Å². The number of hydrogen-bond acceptors (Lipinski definition) is 7. The molecule has 3 aromatic rings. The highest BCUT2D eigenvalue weighted by atomic mass is 32.1. The molecule has 8 heteroatoms. The molecule has 140 valence electrons. The summed E-state index contributed by atoms with van der Waals surface area (Å²) in [6, 6.07) is 14.1. The Morgan fingerprint density at radius 1 is 1.25 bits per heavy atom. The Labute approximate surface area is 165 Å². The Morgan fingerprint density at radius 3 is 2.75 bits per heavy atom. The first-order valence-corrected chi connectivity index (χ1v) is 8.98.